The van der Waals surface area contributed by atoms with E-state index in [0.29, 0.717) is 50.0 Å². The Balaban J connectivity index is 1.61. The van der Waals surface area contributed by atoms with Gasteiger partial charge in [0.1, 0.15) is 5.69 Å². The minimum Gasteiger partial charge on any atom is -0.347 e. The number of piperidine rings is 1. The Hall–Kier alpha value is -2.25. The topological polar surface area (TPSA) is 84.5 Å². The van der Waals surface area contributed by atoms with E-state index in [1.165, 1.54) is 0 Å². The maximum atomic E-state index is 12.8. The number of hydrogen-bond acceptors (Lipinski definition) is 5. The number of carbonyl (C=O) groups is 1. The Bertz CT molecular complexity index is 800. The molecule has 2 aliphatic rings. The highest BCUT2D eigenvalue weighted by molar-refractivity contribution is 6.04. The van der Waals surface area contributed by atoms with Crippen molar-refractivity contribution < 1.29 is 14.3 Å². The molecule has 1 amide bonds. The van der Waals surface area contributed by atoms with Crippen LogP contribution in [0.25, 0.3) is 10.9 Å². The zero-order valence-electron chi connectivity index (χ0n) is 12.6. The molecule has 0 unspecified atom stereocenters. The van der Waals surface area contributed by atoms with Crippen LogP contribution in [0.3, 0.4) is 0 Å². The Kier molecular flexibility index (Phi) is 3.39. The van der Waals surface area contributed by atoms with Crippen LogP contribution in [-0.2, 0) is 9.47 Å². The number of rotatable bonds is 1. The number of aromatic nitrogens is 2. The minimum absolute atomic E-state index is 0.202. The molecular weight excluding hydrogens is 298 g/mol. The molecule has 1 aromatic carbocycles. The van der Waals surface area contributed by atoms with Crippen LogP contribution >= 0.6 is 0 Å². The van der Waals surface area contributed by atoms with Crippen LogP contribution in [0.1, 0.15) is 23.3 Å². The molecule has 2 aliphatic heterocycles. The molecule has 0 atom stereocenters. The standard InChI is InChI=1S/C16H17N3O4/c20-14(19-7-5-16(6-8-19)22-9-10-23-16)13-11-3-1-2-4-12(11)17-15(21)18-13/h1-4H,5-10H2,(H,17,18,21). The van der Waals surface area contributed by atoms with Crippen molar-refractivity contribution in [2.75, 3.05) is 26.3 Å². The van der Waals surface area contributed by atoms with Gasteiger partial charge >= 0.3 is 5.69 Å². The van der Waals surface area contributed by atoms with Crippen LogP contribution in [0, 0.1) is 0 Å². The number of hydrogen-bond donors (Lipinski definition) is 1. The number of nitrogens with zero attached hydrogens (tertiary/aromatic N) is 2. The summed E-state index contributed by atoms with van der Waals surface area (Å²) in [5.41, 5.74) is 0.309. The third kappa shape index (κ3) is 2.51. The number of ether oxygens (including phenoxy) is 2. The minimum atomic E-state index is -0.527. The number of amides is 1. The molecule has 1 aromatic heterocycles. The molecule has 2 saturated heterocycles. The summed E-state index contributed by atoms with van der Waals surface area (Å²) in [4.78, 5) is 32.8. The van der Waals surface area contributed by atoms with E-state index < -0.39 is 11.5 Å². The van der Waals surface area contributed by atoms with Gasteiger partial charge in [-0.2, -0.15) is 4.98 Å². The van der Waals surface area contributed by atoms with E-state index in [-0.39, 0.29) is 11.6 Å². The SMILES string of the molecule is O=C(c1nc(=O)[nH]c2ccccc12)N1CCC2(CC1)OCCO2. The molecule has 120 valence electrons. The van der Waals surface area contributed by atoms with Gasteiger partial charge in [0.05, 0.1) is 18.7 Å². The lowest BCUT2D eigenvalue weighted by Gasteiger charge is -2.37. The van der Waals surface area contributed by atoms with Crippen LogP contribution in [0.4, 0.5) is 0 Å². The fourth-order valence-corrected chi connectivity index (χ4v) is 3.25. The highest BCUT2D eigenvalue weighted by atomic mass is 16.7. The molecule has 4 rings (SSSR count). The van der Waals surface area contributed by atoms with Crippen molar-refractivity contribution in [3.05, 3.63) is 40.4 Å². The average Bonchev–Trinajstić information content (AvgIpc) is 3.02. The molecule has 0 saturated carbocycles. The van der Waals surface area contributed by atoms with Crippen molar-refractivity contribution in [1.29, 1.82) is 0 Å². The van der Waals surface area contributed by atoms with Gasteiger partial charge < -0.3 is 19.4 Å². The average molecular weight is 315 g/mol. The Morgan fingerprint density at radius 2 is 1.87 bits per heavy atom. The van der Waals surface area contributed by atoms with E-state index >= 15 is 0 Å². The fraction of sp³-hybridized carbons (Fsp3) is 0.438. The molecule has 1 N–H and O–H groups in total. The van der Waals surface area contributed by atoms with Crippen LogP contribution in [0.5, 0.6) is 0 Å². The van der Waals surface area contributed by atoms with Gasteiger partial charge in [-0.05, 0) is 6.07 Å². The van der Waals surface area contributed by atoms with Gasteiger partial charge in [0.25, 0.3) is 5.91 Å². The number of fused-ring (bicyclic) bond motifs is 1. The van der Waals surface area contributed by atoms with Crippen molar-refractivity contribution >= 4 is 16.8 Å². The number of likely N-dealkylation sites (tertiary alicyclic amines) is 1. The maximum Gasteiger partial charge on any atom is 0.346 e. The second-order valence-corrected chi connectivity index (χ2v) is 5.84. The summed E-state index contributed by atoms with van der Waals surface area (Å²) >= 11 is 0. The summed E-state index contributed by atoms with van der Waals surface area (Å²) in [6.07, 6.45) is 1.28. The summed E-state index contributed by atoms with van der Waals surface area (Å²) in [7, 11) is 0. The molecule has 2 aromatic rings. The van der Waals surface area contributed by atoms with Crippen molar-refractivity contribution in [3.8, 4) is 0 Å². The number of H-pyrrole nitrogens is 1. The van der Waals surface area contributed by atoms with Crippen LogP contribution in [-0.4, -0.2) is 52.9 Å². The lowest BCUT2D eigenvalue weighted by Crippen LogP contribution is -2.47. The Labute approximate surface area is 132 Å². The zero-order valence-corrected chi connectivity index (χ0v) is 12.6. The summed E-state index contributed by atoms with van der Waals surface area (Å²) in [6, 6.07) is 7.19. The van der Waals surface area contributed by atoms with Gasteiger partial charge in [0.2, 0.25) is 0 Å². The van der Waals surface area contributed by atoms with Crippen molar-refractivity contribution in [2.45, 2.75) is 18.6 Å². The van der Waals surface area contributed by atoms with Gasteiger partial charge in [-0.1, -0.05) is 18.2 Å². The van der Waals surface area contributed by atoms with E-state index in [9.17, 15) is 9.59 Å². The second-order valence-electron chi connectivity index (χ2n) is 5.84. The van der Waals surface area contributed by atoms with E-state index in [2.05, 4.69) is 9.97 Å². The first-order valence-electron chi connectivity index (χ1n) is 7.73. The molecular formula is C16H17N3O4. The molecule has 3 heterocycles. The first-order valence-corrected chi connectivity index (χ1v) is 7.73. The highest BCUT2D eigenvalue weighted by Gasteiger charge is 2.41. The molecule has 0 aliphatic carbocycles. The van der Waals surface area contributed by atoms with Crippen LogP contribution in [0.15, 0.2) is 29.1 Å². The first kappa shape index (κ1) is 14.3. The van der Waals surface area contributed by atoms with Gasteiger partial charge in [0, 0.05) is 31.3 Å². The number of nitrogens with one attached hydrogen (secondary N) is 1. The molecule has 0 radical (unpaired) electrons. The first-order chi connectivity index (χ1) is 11.2. The van der Waals surface area contributed by atoms with Crippen LogP contribution in [0.2, 0.25) is 0 Å². The summed E-state index contributed by atoms with van der Waals surface area (Å²) in [5.74, 6) is -0.749. The molecule has 2 fully saturated rings. The van der Waals surface area contributed by atoms with Gasteiger partial charge in [0.15, 0.2) is 5.79 Å². The smallest absolute Gasteiger partial charge is 0.346 e. The fourth-order valence-electron chi connectivity index (χ4n) is 3.25. The van der Waals surface area contributed by atoms with Gasteiger partial charge in [-0.15, -0.1) is 0 Å². The summed E-state index contributed by atoms with van der Waals surface area (Å²) < 4.78 is 11.3. The van der Waals surface area contributed by atoms with E-state index in [4.69, 9.17) is 9.47 Å². The van der Waals surface area contributed by atoms with E-state index in [1.54, 1.807) is 17.0 Å². The lowest BCUT2D eigenvalue weighted by atomic mass is 10.0. The number of carbonyl (C=O) groups excluding carboxylic acids is 1. The number of para-hydroxylation sites is 1. The van der Waals surface area contributed by atoms with Gasteiger partial charge in [-0.25, -0.2) is 4.79 Å². The number of aromatic amines is 1. The third-order valence-electron chi connectivity index (χ3n) is 4.47. The van der Waals surface area contributed by atoms with Crippen LogP contribution < -0.4 is 5.69 Å². The predicted molar refractivity (Wildman–Crippen MR) is 82.1 cm³/mol. The zero-order chi connectivity index (χ0) is 15.9. The predicted octanol–water partition coefficient (Wildman–Crippen LogP) is 0.902. The van der Waals surface area contributed by atoms with Gasteiger partial charge in [-0.3, -0.25) is 4.79 Å². The highest BCUT2D eigenvalue weighted by Crippen LogP contribution is 2.31. The Morgan fingerprint density at radius 3 is 2.61 bits per heavy atom. The van der Waals surface area contributed by atoms with E-state index in [0.717, 1.165) is 0 Å². The van der Waals surface area contributed by atoms with Crippen molar-refractivity contribution in [1.82, 2.24) is 14.9 Å². The lowest BCUT2D eigenvalue weighted by molar-refractivity contribution is -0.181. The molecule has 7 heteroatoms. The largest absolute Gasteiger partial charge is 0.347 e. The molecule has 7 nitrogen and oxygen atoms in total. The number of benzene rings is 1. The quantitative estimate of drug-likeness (QED) is 0.845. The normalized spacial score (nSPS) is 20.3. The van der Waals surface area contributed by atoms with Crippen molar-refractivity contribution in [3.63, 3.8) is 0 Å². The maximum absolute atomic E-state index is 12.8. The summed E-state index contributed by atoms with van der Waals surface area (Å²) in [6.45, 7) is 2.27. The second kappa shape index (κ2) is 5.43. The third-order valence-corrected chi connectivity index (χ3v) is 4.47. The summed E-state index contributed by atoms with van der Waals surface area (Å²) in [5, 5.41) is 0.658. The molecule has 23 heavy (non-hydrogen) atoms. The Morgan fingerprint density at radius 1 is 1.17 bits per heavy atom. The molecule has 1 spiro atoms. The molecule has 0 bridgehead atoms. The monoisotopic (exact) mass is 315 g/mol. The van der Waals surface area contributed by atoms with Crippen molar-refractivity contribution in [2.24, 2.45) is 0 Å². The van der Waals surface area contributed by atoms with E-state index in [1.807, 2.05) is 12.1 Å².